The van der Waals surface area contributed by atoms with Gasteiger partial charge in [-0.3, -0.25) is 4.79 Å². The van der Waals surface area contributed by atoms with Gasteiger partial charge >= 0.3 is 5.97 Å². The molecule has 0 aliphatic carbocycles. The Hall–Kier alpha value is -3.29. The minimum atomic E-state index is -0.671. The van der Waals surface area contributed by atoms with Crippen molar-refractivity contribution in [2.24, 2.45) is 0 Å². The van der Waals surface area contributed by atoms with Gasteiger partial charge in [0.25, 0.3) is 0 Å². The maximum absolute atomic E-state index is 12.1. The molecule has 2 heterocycles. The van der Waals surface area contributed by atoms with Crippen LogP contribution in [0.1, 0.15) is 30.0 Å². The number of hydrogen-bond donors (Lipinski definition) is 1. The lowest BCUT2D eigenvalue weighted by Crippen LogP contribution is -2.19. The summed E-state index contributed by atoms with van der Waals surface area (Å²) in [4.78, 5) is 23.7. The van der Waals surface area contributed by atoms with Crippen LogP contribution >= 0.6 is 0 Å². The number of aryl methyl sites for hydroxylation is 1. The summed E-state index contributed by atoms with van der Waals surface area (Å²) in [5, 5.41) is 15.2. The number of benzene rings is 1. The Morgan fingerprint density at radius 2 is 1.92 bits per heavy atom. The van der Waals surface area contributed by atoms with E-state index in [0.717, 1.165) is 11.1 Å². The number of nitrogens with one attached hydrogen (secondary N) is 1. The minimum Gasteiger partial charge on any atom is -0.461 e. The van der Waals surface area contributed by atoms with E-state index in [1.165, 1.54) is 11.4 Å². The van der Waals surface area contributed by atoms with Crippen molar-refractivity contribution in [1.29, 1.82) is 0 Å². The number of aromatic nitrogens is 4. The van der Waals surface area contributed by atoms with E-state index in [0.29, 0.717) is 11.3 Å². The van der Waals surface area contributed by atoms with Gasteiger partial charge in [-0.25, -0.2) is 4.79 Å². The van der Waals surface area contributed by atoms with Gasteiger partial charge in [0.2, 0.25) is 11.6 Å². The van der Waals surface area contributed by atoms with Crippen molar-refractivity contribution in [2.75, 3.05) is 11.9 Å². The van der Waals surface area contributed by atoms with Crippen LogP contribution in [0.3, 0.4) is 0 Å². The van der Waals surface area contributed by atoms with Gasteiger partial charge in [-0.05, 0) is 19.4 Å². The largest absolute Gasteiger partial charge is 0.461 e. The summed E-state index contributed by atoms with van der Waals surface area (Å²) in [5.41, 5.74) is 2.76. The van der Waals surface area contributed by atoms with Crippen LogP contribution in [0.4, 0.5) is 5.82 Å². The van der Waals surface area contributed by atoms with Crippen LogP contribution in [-0.4, -0.2) is 38.3 Å². The zero-order valence-corrected chi connectivity index (χ0v) is 14.1. The Balaban J connectivity index is 2.26. The molecule has 0 spiro atoms. The number of hydrogen-bond acceptors (Lipinski definition) is 6. The van der Waals surface area contributed by atoms with E-state index in [2.05, 4.69) is 20.6 Å². The first kappa shape index (κ1) is 16.6. The Bertz CT molecular complexity index is 950. The first-order chi connectivity index (χ1) is 12.0. The monoisotopic (exact) mass is 339 g/mol. The van der Waals surface area contributed by atoms with E-state index >= 15 is 0 Å². The van der Waals surface area contributed by atoms with Crippen LogP contribution in [0.2, 0.25) is 0 Å². The van der Waals surface area contributed by atoms with Gasteiger partial charge in [0.15, 0.2) is 11.5 Å². The van der Waals surface area contributed by atoms with Gasteiger partial charge in [-0.15, -0.1) is 10.2 Å². The standard InChI is InChI=1S/C17H17N5O3/c1-4-25-17(24)14-16(18-11(3)23)22-15(20-19-14)13(10(2)21-22)12-8-6-5-7-9-12/h5-9H,4H2,1-3H3,(H,18,23). The van der Waals surface area contributed by atoms with Crippen molar-refractivity contribution in [3.63, 3.8) is 0 Å². The van der Waals surface area contributed by atoms with Crippen LogP contribution in [0, 0.1) is 6.92 Å². The van der Waals surface area contributed by atoms with E-state index in [9.17, 15) is 9.59 Å². The normalized spacial score (nSPS) is 10.7. The second-order valence-electron chi connectivity index (χ2n) is 5.36. The van der Waals surface area contributed by atoms with E-state index in [-0.39, 0.29) is 24.0 Å². The molecule has 0 saturated carbocycles. The third-order valence-corrected chi connectivity index (χ3v) is 3.54. The number of anilines is 1. The summed E-state index contributed by atoms with van der Waals surface area (Å²) in [6.45, 7) is 5.05. The lowest BCUT2D eigenvalue weighted by molar-refractivity contribution is -0.114. The van der Waals surface area contributed by atoms with Crippen LogP contribution in [0.5, 0.6) is 0 Å². The van der Waals surface area contributed by atoms with Crippen LogP contribution in [-0.2, 0) is 9.53 Å². The number of esters is 1. The van der Waals surface area contributed by atoms with Crippen molar-refractivity contribution in [3.05, 3.63) is 41.7 Å². The summed E-state index contributed by atoms with van der Waals surface area (Å²) in [6, 6.07) is 9.60. The van der Waals surface area contributed by atoms with Crippen LogP contribution in [0.15, 0.2) is 30.3 Å². The summed E-state index contributed by atoms with van der Waals surface area (Å²) < 4.78 is 6.40. The van der Waals surface area contributed by atoms with Gasteiger partial charge in [-0.1, -0.05) is 30.3 Å². The van der Waals surface area contributed by atoms with E-state index in [4.69, 9.17) is 4.74 Å². The van der Waals surface area contributed by atoms with E-state index < -0.39 is 5.97 Å². The van der Waals surface area contributed by atoms with Gasteiger partial charge < -0.3 is 10.1 Å². The minimum absolute atomic E-state index is 0.0911. The average molecular weight is 339 g/mol. The van der Waals surface area contributed by atoms with Crippen molar-refractivity contribution >= 4 is 23.3 Å². The summed E-state index contributed by atoms with van der Waals surface area (Å²) in [6.07, 6.45) is 0. The van der Waals surface area contributed by atoms with E-state index in [1.807, 2.05) is 37.3 Å². The first-order valence-electron chi connectivity index (χ1n) is 7.79. The van der Waals surface area contributed by atoms with Crippen LogP contribution < -0.4 is 5.32 Å². The Kier molecular flexibility index (Phi) is 4.42. The molecule has 3 aromatic rings. The molecule has 1 amide bonds. The fourth-order valence-corrected chi connectivity index (χ4v) is 2.57. The second kappa shape index (κ2) is 6.68. The number of amides is 1. The first-order valence-corrected chi connectivity index (χ1v) is 7.79. The summed E-state index contributed by atoms with van der Waals surface area (Å²) in [5.74, 6) is -0.884. The maximum atomic E-state index is 12.1. The highest BCUT2D eigenvalue weighted by Gasteiger charge is 2.24. The summed E-state index contributed by atoms with van der Waals surface area (Å²) >= 11 is 0. The molecule has 0 fully saturated rings. The molecule has 128 valence electrons. The zero-order chi connectivity index (χ0) is 18.0. The zero-order valence-electron chi connectivity index (χ0n) is 14.1. The molecule has 1 aromatic carbocycles. The number of carbonyl (C=O) groups excluding carboxylic acids is 2. The number of nitrogens with zero attached hydrogens (tertiary/aromatic N) is 4. The average Bonchev–Trinajstić information content (AvgIpc) is 2.92. The topological polar surface area (TPSA) is 98.5 Å². The van der Waals surface area contributed by atoms with Crippen molar-refractivity contribution in [1.82, 2.24) is 19.8 Å². The molecule has 8 heteroatoms. The lowest BCUT2D eigenvalue weighted by Gasteiger charge is -2.09. The smallest absolute Gasteiger partial charge is 0.362 e. The lowest BCUT2D eigenvalue weighted by atomic mass is 10.1. The SMILES string of the molecule is CCOC(=O)c1nnc2c(-c3ccccc3)c(C)nn2c1NC(C)=O. The molecule has 8 nitrogen and oxygen atoms in total. The van der Waals surface area contributed by atoms with Gasteiger partial charge in [0, 0.05) is 6.92 Å². The number of fused-ring (bicyclic) bond motifs is 1. The second-order valence-corrected chi connectivity index (χ2v) is 5.36. The van der Waals surface area contributed by atoms with Crippen LogP contribution in [0.25, 0.3) is 16.8 Å². The van der Waals surface area contributed by atoms with Crippen molar-refractivity contribution in [3.8, 4) is 11.1 Å². The van der Waals surface area contributed by atoms with Crippen molar-refractivity contribution < 1.29 is 14.3 Å². The van der Waals surface area contributed by atoms with E-state index in [1.54, 1.807) is 6.92 Å². The Labute approximate surface area is 143 Å². The number of carbonyl (C=O) groups is 2. The Morgan fingerprint density at radius 3 is 2.56 bits per heavy atom. The fourth-order valence-electron chi connectivity index (χ4n) is 2.57. The van der Waals surface area contributed by atoms with Gasteiger partial charge in [0.05, 0.1) is 17.9 Å². The number of rotatable bonds is 4. The molecule has 3 rings (SSSR count). The molecule has 0 unspecified atom stereocenters. The molecule has 0 saturated heterocycles. The molecular weight excluding hydrogens is 322 g/mol. The fraction of sp³-hybridized carbons (Fsp3) is 0.235. The van der Waals surface area contributed by atoms with Gasteiger partial charge in [-0.2, -0.15) is 9.61 Å². The Morgan fingerprint density at radius 1 is 1.20 bits per heavy atom. The highest BCUT2D eigenvalue weighted by Crippen LogP contribution is 2.29. The third-order valence-electron chi connectivity index (χ3n) is 3.54. The van der Waals surface area contributed by atoms with Gasteiger partial charge in [0.1, 0.15) is 0 Å². The number of ether oxygens (including phenoxy) is 1. The predicted molar refractivity (Wildman–Crippen MR) is 91.2 cm³/mol. The molecule has 0 aliphatic rings. The molecule has 25 heavy (non-hydrogen) atoms. The summed E-state index contributed by atoms with van der Waals surface area (Å²) in [7, 11) is 0. The molecule has 2 aromatic heterocycles. The highest BCUT2D eigenvalue weighted by molar-refractivity contribution is 5.98. The molecular formula is C17H17N5O3. The molecule has 0 bridgehead atoms. The van der Waals surface area contributed by atoms with Crippen molar-refractivity contribution in [2.45, 2.75) is 20.8 Å². The predicted octanol–water partition coefficient (Wildman–Crippen LogP) is 2.23. The quantitative estimate of drug-likeness (QED) is 0.732. The molecule has 0 aliphatic heterocycles. The molecule has 0 atom stereocenters. The maximum Gasteiger partial charge on any atom is 0.362 e. The highest BCUT2D eigenvalue weighted by atomic mass is 16.5. The molecule has 1 N–H and O–H groups in total. The molecule has 0 radical (unpaired) electrons. The third kappa shape index (κ3) is 3.06.